The first-order chi connectivity index (χ1) is 10.2. The van der Waals surface area contributed by atoms with Gasteiger partial charge in [-0.15, -0.1) is 0 Å². The third-order valence-corrected chi connectivity index (χ3v) is 5.47. The van der Waals surface area contributed by atoms with Gasteiger partial charge < -0.3 is 5.32 Å². The summed E-state index contributed by atoms with van der Waals surface area (Å²) in [4.78, 5) is 0. The van der Waals surface area contributed by atoms with Crippen LogP contribution in [0.3, 0.4) is 0 Å². The first kappa shape index (κ1) is 13.5. The number of fused-ring (bicyclic) bond motifs is 1. The Hall–Kier alpha value is -1.19. The van der Waals surface area contributed by atoms with Crippen LogP contribution in [0.25, 0.3) is 0 Å². The Balaban J connectivity index is 1.87. The molecule has 1 aliphatic carbocycles. The fourth-order valence-corrected chi connectivity index (χ4v) is 4.23. The van der Waals surface area contributed by atoms with Crippen LogP contribution < -0.4 is 5.32 Å². The van der Waals surface area contributed by atoms with E-state index in [4.69, 9.17) is 28.3 Å². The Bertz CT molecular complexity index is 689. The van der Waals surface area contributed by atoms with Crippen molar-refractivity contribution in [2.75, 3.05) is 11.9 Å². The van der Waals surface area contributed by atoms with Crippen LogP contribution in [-0.4, -0.2) is 16.3 Å². The van der Waals surface area contributed by atoms with Crippen LogP contribution in [-0.2, 0) is 12.0 Å². The van der Waals surface area contributed by atoms with Gasteiger partial charge in [-0.25, -0.2) is 4.68 Å². The van der Waals surface area contributed by atoms with Crippen molar-refractivity contribution in [3.63, 3.8) is 0 Å². The fourth-order valence-electron chi connectivity index (χ4n) is 3.53. The van der Waals surface area contributed by atoms with Gasteiger partial charge in [0.05, 0.1) is 5.69 Å². The number of nitrogens with zero attached hydrogens (tertiary/aromatic N) is 2. The van der Waals surface area contributed by atoms with Crippen LogP contribution in [0.4, 0.5) is 5.82 Å². The number of nitrogens with one attached hydrogen (secondary N) is 1. The number of halogens is 2. The monoisotopic (exact) mass is 321 g/mol. The van der Waals surface area contributed by atoms with E-state index < -0.39 is 0 Å². The Morgan fingerprint density at radius 2 is 1.95 bits per heavy atom. The SMILES string of the molecule is Clc1ccccc1C1(c2nn3c(c2Cl)NCCC3)CCC1. The molecule has 0 unspecified atom stereocenters. The highest BCUT2D eigenvalue weighted by Gasteiger charge is 2.46. The average molecular weight is 322 g/mol. The molecular formula is C16H17Cl2N3. The summed E-state index contributed by atoms with van der Waals surface area (Å²) in [7, 11) is 0. The molecule has 0 bridgehead atoms. The summed E-state index contributed by atoms with van der Waals surface area (Å²) >= 11 is 13.1. The van der Waals surface area contributed by atoms with Crippen LogP contribution in [0.15, 0.2) is 24.3 Å². The highest BCUT2D eigenvalue weighted by atomic mass is 35.5. The fraction of sp³-hybridized carbons (Fsp3) is 0.438. The lowest BCUT2D eigenvalue weighted by Gasteiger charge is -2.41. The molecule has 1 saturated carbocycles. The van der Waals surface area contributed by atoms with Crippen molar-refractivity contribution in [2.24, 2.45) is 0 Å². The van der Waals surface area contributed by atoms with E-state index >= 15 is 0 Å². The third-order valence-electron chi connectivity index (χ3n) is 4.78. The molecule has 0 atom stereocenters. The minimum absolute atomic E-state index is 0.110. The summed E-state index contributed by atoms with van der Waals surface area (Å²) in [6.45, 7) is 1.89. The molecule has 4 rings (SSSR count). The first-order valence-electron chi connectivity index (χ1n) is 7.48. The molecule has 0 amide bonds. The topological polar surface area (TPSA) is 29.9 Å². The number of aryl methyl sites for hydroxylation is 1. The van der Waals surface area contributed by atoms with Gasteiger partial charge in [-0.1, -0.05) is 47.8 Å². The van der Waals surface area contributed by atoms with Crippen molar-refractivity contribution < 1.29 is 0 Å². The summed E-state index contributed by atoms with van der Waals surface area (Å²) in [5.41, 5.74) is 2.05. The van der Waals surface area contributed by atoms with E-state index in [0.717, 1.165) is 59.5 Å². The van der Waals surface area contributed by atoms with Crippen molar-refractivity contribution in [3.05, 3.63) is 45.6 Å². The van der Waals surface area contributed by atoms with Gasteiger partial charge >= 0.3 is 0 Å². The van der Waals surface area contributed by atoms with Gasteiger partial charge in [0.1, 0.15) is 10.8 Å². The molecule has 110 valence electrons. The predicted molar refractivity (Wildman–Crippen MR) is 86.4 cm³/mol. The van der Waals surface area contributed by atoms with Crippen molar-refractivity contribution in [2.45, 2.75) is 37.6 Å². The molecule has 2 aromatic rings. The molecule has 0 saturated heterocycles. The van der Waals surface area contributed by atoms with Gasteiger partial charge in [-0.3, -0.25) is 0 Å². The first-order valence-corrected chi connectivity index (χ1v) is 8.24. The highest BCUT2D eigenvalue weighted by Crippen LogP contribution is 2.53. The molecule has 1 aromatic carbocycles. The lowest BCUT2D eigenvalue weighted by atomic mass is 9.62. The van der Waals surface area contributed by atoms with Gasteiger partial charge in [-0.05, 0) is 30.9 Å². The smallest absolute Gasteiger partial charge is 0.143 e. The predicted octanol–water partition coefficient (Wildman–Crippen LogP) is 4.48. The molecule has 2 heterocycles. The average Bonchev–Trinajstić information content (AvgIpc) is 2.78. The summed E-state index contributed by atoms with van der Waals surface area (Å²) in [6.07, 6.45) is 4.40. The van der Waals surface area contributed by atoms with E-state index in [1.54, 1.807) is 0 Å². The van der Waals surface area contributed by atoms with Crippen LogP contribution in [0.1, 0.15) is 36.9 Å². The van der Waals surface area contributed by atoms with Crippen molar-refractivity contribution in [3.8, 4) is 0 Å². The van der Waals surface area contributed by atoms with Crippen LogP contribution >= 0.6 is 23.2 Å². The molecule has 21 heavy (non-hydrogen) atoms. The number of aromatic nitrogens is 2. The zero-order chi connectivity index (χ0) is 14.4. The minimum Gasteiger partial charge on any atom is -0.369 e. The molecule has 1 N–H and O–H groups in total. The maximum absolute atomic E-state index is 6.65. The molecule has 0 spiro atoms. The van der Waals surface area contributed by atoms with E-state index in [0.29, 0.717) is 0 Å². The summed E-state index contributed by atoms with van der Waals surface area (Å²) in [5, 5.41) is 9.78. The van der Waals surface area contributed by atoms with E-state index in [2.05, 4.69) is 11.4 Å². The second-order valence-corrected chi connectivity index (χ2v) is 6.72. The lowest BCUT2D eigenvalue weighted by Crippen LogP contribution is -2.36. The molecule has 1 aliphatic heterocycles. The van der Waals surface area contributed by atoms with Gasteiger partial charge in [0.15, 0.2) is 0 Å². The lowest BCUT2D eigenvalue weighted by molar-refractivity contribution is 0.291. The minimum atomic E-state index is -0.110. The zero-order valence-corrected chi connectivity index (χ0v) is 13.2. The molecule has 1 aromatic heterocycles. The number of hydrogen-bond acceptors (Lipinski definition) is 2. The number of benzene rings is 1. The quantitative estimate of drug-likeness (QED) is 0.884. The number of anilines is 1. The van der Waals surface area contributed by atoms with Crippen molar-refractivity contribution in [1.82, 2.24) is 9.78 Å². The maximum atomic E-state index is 6.65. The molecule has 1 fully saturated rings. The van der Waals surface area contributed by atoms with Gasteiger partial charge in [0.25, 0.3) is 0 Å². The summed E-state index contributed by atoms with van der Waals surface area (Å²) < 4.78 is 2.01. The van der Waals surface area contributed by atoms with Crippen molar-refractivity contribution >= 4 is 29.0 Å². The number of rotatable bonds is 2. The van der Waals surface area contributed by atoms with Crippen LogP contribution in [0, 0.1) is 0 Å². The zero-order valence-electron chi connectivity index (χ0n) is 11.7. The number of hydrogen-bond donors (Lipinski definition) is 1. The summed E-state index contributed by atoms with van der Waals surface area (Å²) in [6, 6.07) is 8.09. The van der Waals surface area contributed by atoms with E-state index in [1.807, 2.05) is 22.9 Å². The van der Waals surface area contributed by atoms with Crippen molar-refractivity contribution in [1.29, 1.82) is 0 Å². The van der Waals surface area contributed by atoms with Crippen LogP contribution in [0.2, 0.25) is 10.0 Å². The molecule has 5 heteroatoms. The Morgan fingerprint density at radius 1 is 1.14 bits per heavy atom. The maximum Gasteiger partial charge on any atom is 0.143 e. The van der Waals surface area contributed by atoms with Gasteiger partial charge in [0.2, 0.25) is 0 Å². The Labute approximate surface area is 134 Å². The molecule has 3 nitrogen and oxygen atoms in total. The van der Waals surface area contributed by atoms with E-state index in [9.17, 15) is 0 Å². The van der Waals surface area contributed by atoms with Gasteiger partial charge in [-0.2, -0.15) is 5.10 Å². The second kappa shape index (κ2) is 4.92. The highest BCUT2D eigenvalue weighted by molar-refractivity contribution is 6.34. The standard InChI is InChI=1S/C16H17Cl2N3/c17-12-6-2-1-5-11(12)16(7-3-8-16)14-13(18)15-19-9-4-10-21(15)20-14/h1-2,5-6,19H,3-4,7-10H2. The van der Waals surface area contributed by atoms with E-state index in [-0.39, 0.29) is 5.41 Å². The molecular weight excluding hydrogens is 305 g/mol. The van der Waals surface area contributed by atoms with Crippen LogP contribution in [0.5, 0.6) is 0 Å². The molecule has 2 aliphatic rings. The van der Waals surface area contributed by atoms with Gasteiger partial charge in [0, 0.05) is 23.5 Å². The van der Waals surface area contributed by atoms with E-state index in [1.165, 1.54) is 6.42 Å². The summed E-state index contributed by atoms with van der Waals surface area (Å²) in [5.74, 6) is 0.969. The third kappa shape index (κ3) is 1.91. The Kier molecular flexibility index (Phi) is 3.16. The molecule has 0 radical (unpaired) electrons. The normalized spacial score (nSPS) is 19.5. The largest absolute Gasteiger partial charge is 0.369 e. The Morgan fingerprint density at radius 3 is 2.62 bits per heavy atom. The second-order valence-electron chi connectivity index (χ2n) is 5.93.